The minimum atomic E-state index is -5.34. The van der Waals surface area contributed by atoms with E-state index >= 15 is 0 Å². The molecule has 2 unspecified atom stereocenters. The Morgan fingerprint density at radius 2 is 1.19 bits per heavy atom. The summed E-state index contributed by atoms with van der Waals surface area (Å²) in [5.41, 5.74) is -9.50. The van der Waals surface area contributed by atoms with Gasteiger partial charge in [0.25, 0.3) is 0 Å². The first-order valence-electron chi connectivity index (χ1n) is 9.61. The fourth-order valence-electron chi connectivity index (χ4n) is 3.49. The van der Waals surface area contributed by atoms with Gasteiger partial charge in [-0.1, -0.05) is 38.1 Å². The molecule has 2 atom stereocenters. The molecule has 0 aromatic heterocycles. The Balaban J connectivity index is 2.93. The molecule has 32 heavy (non-hydrogen) atoms. The molecule has 0 N–H and O–H groups in total. The Labute approximate surface area is 181 Å². The molecule has 2 rings (SSSR count). The van der Waals surface area contributed by atoms with Crippen LogP contribution in [-0.4, -0.2) is 16.7 Å². The molecule has 0 saturated carbocycles. The maximum Gasteiger partial charge on any atom is 0.417 e. The van der Waals surface area contributed by atoms with Gasteiger partial charge in [0, 0.05) is 11.2 Å². The van der Waals surface area contributed by atoms with Gasteiger partial charge in [-0.3, -0.25) is 9.59 Å². The number of hydrogen-bond donors (Lipinski definition) is 0. The summed E-state index contributed by atoms with van der Waals surface area (Å²) in [5, 5.41) is 0. The minimum Gasteiger partial charge on any atom is -0.306 e. The Kier molecular flexibility index (Phi) is 7.15. The largest absolute Gasteiger partial charge is 0.417 e. The molecule has 3 nitrogen and oxygen atoms in total. The molecule has 0 fully saturated rings. The topological polar surface area (TPSA) is 51.2 Å². The zero-order chi connectivity index (χ0) is 24.6. The van der Waals surface area contributed by atoms with Crippen molar-refractivity contribution in [1.82, 2.24) is 0 Å². The Morgan fingerprint density at radius 1 is 0.812 bits per heavy atom. The molecule has 2 aromatic rings. The summed E-state index contributed by atoms with van der Waals surface area (Å²) >= 11 is 0. The van der Waals surface area contributed by atoms with Crippen LogP contribution in [0.2, 0.25) is 0 Å². The molecule has 0 radical (unpaired) electrons. The van der Waals surface area contributed by atoms with Crippen molar-refractivity contribution < 1.29 is 40.5 Å². The van der Waals surface area contributed by atoms with Crippen LogP contribution in [0, 0.1) is 13.8 Å². The molecule has 0 bridgehead atoms. The molecule has 0 spiro atoms. The molecule has 0 amide bonds. The van der Waals surface area contributed by atoms with E-state index in [1.807, 2.05) is 0 Å². The van der Waals surface area contributed by atoms with Crippen LogP contribution >= 0.6 is 7.14 Å². The Hall–Kier alpha value is -2.41. The second-order valence-corrected chi connectivity index (χ2v) is 10.5. The number of hydrogen-bond acceptors (Lipinski definition) is 3. The van der Waals surface area contributed by atoms with E-state index in [0.29, 0.717) is 29.3 Å². The van der Waals surface area contributed by atoms with Crippen molar-refractivity contribution in [3.63, 3.8) is 0 Å². The van der Waals surface area contributed by atoms with Crippen LogP contribution in [0.3, 0.4) is 0 Å². The normalized spacial score (nSPS) is 15.2. The van der Waals surface area contributed by atoms with Gasteiger partial charge in [0.05, 0.1) is 16.7 Å². The predicted octanol–water partition coefficient (Wildman–Crippen LogP) is 7.48. The number of carbonyl (C=O) groups is 2. The van der Waals surface area contributed by atoms with Crippen molar-refractivity contribution >= 4 is 18.2 Å². The van der Waals surface area contributed by atoms with Gasteiger partial charge in [-0.2, -0.15) is 26.3 Å². The highest BCUT2D eigenvalue weighted by Gasteiger charge is 2.51. The SMILES string of the molecule is CCC(C)P(=O)(C(=O)c1c(C)cccc1C)C(=O)c1c(C(F)(F)F)cccc1C(F)(F)F. The van der Waals surface area contributed by atoms with E-state index in [1.165, 1.54) is 39.8 Å². The van der Waals surface area contributed by atoms with Crippen LogP contribution in [-0.2, 0) is 16.9 Å². The lowest BCUT2D eigenvalue weighted by atomic mass is 10.0. The van der Waals surface area contributed by atoms with E-state index in [9.17, 15) is 40.5 Å². The molecule has 0 saturated heterocycles. The lowest BCUT2D eigenvalue weighted by molar-refractivity contribution is -0.143. The molecule has 10 heteroatoms. The lowest BCUT2D eigenvalue weighted by Gasteiger charge is -2.26. The molecule has 174 valence electrons. The van der Waals surface area contributed by atoms with Crippen molar-refractivity contribution in [2.24, 2.45) is 0 Å². The third-order valence-corrected chi connectivity index (χ3v) is 8.66. The van der Waals surface area contributed by atoms with Crippen LogP contribution in [0.25, 0.3) is 0 Å². The number of alkyl halides is 6. The minimum absolute atomic E-state index is 0.0742. The molecule has 2 aromatic carbocycles. The van der Waals surface area contributed by atoms with Gasteiger partial charge in [0.15, 0.2) is 0 Å². The summed E-state index contributed by atoms with van der Waals surface area (Å²) in [6.07, 6.45) is -10.8. The summed E-state index contributed by atoms with van der Waals surface area (Å²) < 4.78 is 95.6. The summed E-state index contributed by atoms with van der Waals surface area (Å²) in [5.74, 6) is 0. The quantitative estimate of drug-likeness (QED) is 0.319. The zero-order valence-electron chi connectivity index (χ0n) is 17.7. The van der Waals surface area contributed by atoms with E-state index in [1.54, 1.807) is 6.07 Å². The summed E-state index contributed by atoms with van der Waals surface area (Å²) in [6.45, 7) is 5.63. The second-order valence-electron chi connectivity index (χ2n) is 7.52. The number of benzene rings is 2. The maximum absolute atomic E-state index is 14.0. The number of aryl methyl sites for hydroxylation is 2. The van der Waals surface area contributed by atoms with Gasteiger partial charge in [0.2, 0.25) is 18.2 Å². The highest BCUT2D eigenvalue weighted by Crippen LogP contribution is 2.59. The van der Waals surface area contributed by atoms with Gasteiger partial charge < -0.3 is 4.57 Å². The monoisotopic (exact) mass is 478 g/mol. The summed E-state index contributed by atoms with van der Waals surface area (Å²) in [4.78, 5) is 26.8. The van der Waals surface area contributed by atoms with Crippen molar-refractivity contribution in [2.45, 2.75) is 52.1 Å². The first-order chi connectivity index (χ1) is 14.6. The first kappa shape index (κ1) is 25.8. The van der Waals surface area contributed by atoms with Crippen LogP contribution in [0.5, 0.6) is 0 Å². The third-order valence-electron chi connectivity index (χ3n) is 5.40. The molecule has 0 aliphatic carbocycles. The highest BCUT2D eigenvalue weighted by molar-refractivity contribution is 7.95. The van der Waals surface area contributed by atoms with E-state index in [2.05, 4.69) is 0 Å². The fraction of sp³-hybridized carbons (Fsp3) is 0.364. The summed E-state index contributed by atoms with van der Waals surface area (Å²) in [6, 6.07) is 5.69. The molecule has 0 heterocycles. The molecule has 0 aliphatic rings. The lowest BCUT2D eigenvalue weighted by Crippen LogP contribution is -2.26. The number of rotatable bonds is 6. The molecular weight excluding hydrogens is 457 g/mol. The molecule has 0 aliphatic heterocycles. The predicted molar refractivity (Wildman–Crippen MR) is 108 cm³/mol. The molecular formula is C22H21F6O3P. The van der Waals surface area contributed by atoms with E-state index < -0.39 is 52.9 Å². The number of carbonyl (C=O) groups excluding carboxylic acids is 2. The smallest absolute Gasteiger partial charge is 0.306 e. The van der Waals surface area contributed by atoms with E-state index in [-0.39, 0.29) is 12.0 Å². The average Bonchev–Trinajstić information content (AvgIpc) is 2.69. The van der Waals surface area contributed by atoms with Crippen molar-refractivity contribution in [3.8, 4) is 0 Å². The van der Waals surface area contributed by atoms with Crippen LogP contribution < -0.4 is 0 Å². The summed E-state index contributed by atoms with van der Waals surface area (Å²) in [7, 11) is -4.96. The third kappa shape index (κ3) is 4.53. The maximum atomic E-state index is 14.0. The van der Waals surface area contributed by atoms with Crippen LogP contribution in [0.4, 0.5) is 26.3 Å². The van der Waals surface area contributed by atoms with Crippen molar-refractivity contribution in [3.05, 3.63) is 69.8 Å². The van der Waals surface area contributed by atoms with Crippen molar-refractivity contribution in [2.75, 3.05) is 0 Å². The van der Waals surface area contributed by atoms with E-state index in [4.69, 9.17) is 0 Å². The van der Waals surface area contributed by atoms with Gasteiger partial charge in [-0.25, -0.2) is 0 Å². The van der Waals surface area contributed by atoms with Crippen molar-refractivity contribution in [1.29, 1.82) is 0 Å². The fourth-order valence-corrected chi connectivity index (χ4v) is 6.25. The highest BCUT2D eigenvalue weighted by atomic mass is 31.2. The van der Waals surface area contributed by atoms with Crippen LogP contribution in [0.1, 0.15) is 63.2 Å². The van der Waals surface area contributed by atoms with Gasteiger partial charge in [-0.15, -0.1) is 0 Å². The number of halogens is 6. The van der Waals surface area contributed by atoms with Crippen LogP contribution in [0.15, 0.2) is 36.4 Å². The second kappa shape index (κ2) is 8.85. The van der Waals surface area contributed by atoms with Gasteiger partial charge in [0.1, 0.15) is 0 Å². The zero-order valence-corrected chi connectivity index (χ0v) is 18.6. The Bertz CT molecular complexity index is 1050. The first-order valence-corrected chi connectivity index (χ1v) is 11.4. The Morgan fingerprint density at radius 3 is 1.56 bits per heavy atom. The van der Waals surface area contributed by atoms with Gasteiger partial charge >= 0.3 is 12.4 Å². The van der Waals surface area contributed by atoms with Gasteiger partial charge in [-0.05, 0) is 43.5 Å². The standard InChI is InChI=1S/C22H21F6O3P/c1-5-14(4)32(31,19(29)17-12(2)8-6-9-13(17)3)20(30)18-15(21(23,24)25)10-7-11-16(18)22(26,27)28/h6-11,14H,5H2,1-4H3. The van der Waals surface area contributed by atoms with E-state index in [0.717, 1.165) is 0 Å². The average molecular weight is 478 g/mol.